The van der Waals surface area contributed by atoms with Crippen LogP contribution in [0, 0.1) is 0 Å². The number of hydrogen-bond acceptors (Lipinski definition) is 4. The van der Waals surface area contributed by atoms with E-state index < -0.39 is 11.9 Å². The molecule has 2 aromatic rings. The highest BCUT2D eigenvalue weighted by Crippen LogP contribution is 2.13. The summed E-state index contributed by atoms with van der Waals surface area (Å²) >= 11 is 0. The summed E-state index contributed by atoms with van der Waals surface area (Å²) in [6, 6.07) is 18.3. The molecule has 0 heterocycles. The fourth-order valence-corrected chi connectivity index (χ4v) is 1.98. The first-order valence-corrected chi connectivity index (χ1v) is 6.86. The fraction of sp³-hybridized carbons (Fsp3) is 0.176. The largest absolute Gasteiger partial charge is 0.480 e. The van der Waals surface area contributed by atoms with Crippen molar-refractivity contribution in [1.82, 2.24) is 0 Å². The van der Waals surface area contributed by atoms with Gasteiger partial charge in [0.05, 0.1) is 0 Å². The number of aliphatic carboxylic acids is 1. The summed E-state index contributed by atoms with van der Waals surface area (Å²) < 4.78 is 5.19. The number of carboxylic acids is 1. The first-order chi connectivity index (χ1) is 10.6. The Hall–Kier alpha value is -2.82. The zero-order chi connectivity index (χ0) is 15.8. The zero-order valence-corrected chi connectivity index (χ0v) is 12.0. The van der Waals surface area contributed by atoms with Gasteiger partial charge in [-0.3, -0.25) is 9.59 Å². The normalized spacial score (nSPS) is 10.0. The molecule has 5 nitrogen and oxygen atoms in total. The molecule has 0 aliphatic heterocycles. The highest BCUT2D eigenvalue weighted by atomic mass is 16.5. The molecule has 5 heteroatoms. The lowest BCUT2D eigenvalue weighted by Crippen LogP contribution is -2.35. The summed E-state index contributed by atoms with van der Waals surface area (Å²) in [7, 11) is 0. The lowest BCUT2D eigenvalue weighted by Gasteiger charge is -2.21. The van der Waals surface area contributed by atoms with E-state index in [9.17, 15) is 9.59 Å². The lowest BCUT2D eigenvalue weighted by molar-refractivity contribution is -0.143. The maximum absolute atomic E-state index is 11.9. The van der Waals surface area contributed by atoms with Crippen molar-refractivity contribution in [2.45, 2.75) is 6.61 Å². The van der Waals surface area contributed by atoms with Gasteiger partial charge in [-0.25, -0.2) is 0 Å². The minimum atomic E-state index is -1.00. The predicted molar refractivity (Wildman–Crippen MR) is 82.5 cm³/mol. The molecule has 0 saturated carbocycles. The second-order valence-corrected chi connectivity index (χ2v) is 4.73. The molecule has 22 heavy (non-hydrogen) atoms. The van der Waals surface area contributed by atoms with Crippen LogP contribution in [0.15, 0.2) is 60.7 Å². The van der Waals surface area contributed by atoms with Gasteiger partial charge in [-0.05, 0) is 17.7 Å². The van der Waals surface area contributed by atoms with E-state index in [1.54, 1.807) is 24.3 Å². The third-order valence-electron chi connectivity index (χ3n) is 3.01. The fourth-order valence-electron chi connectivity index (χ4n) is 1.98. The third-order valence-corrected chi connectivity index (χ3v) is 3.01. The molecule has 0 aliphatic carbocycles. The van der Waals surface area contributed by atoms with E-state index in [2.05, 4.69) is 0 Å². The molecule has 0 unspecified atom stereocenters. The zero-order valence-electron chi connectivity index (χ0n) is 12.0. The molecule has 2 aromatic carbocycles. The quantitative estimate of drug-likeness (QED) is 0.795. The smallest absolute Gasteiger partial charge is 0.325 e. The van der Waals surface area contributed by atoms with Crippen LogP contribution in [0.1, 0.15) is 5.56 Å². The summed E-state index contributed by atoms with van der Waals surface area (Å²) in [5.41, 5.74) is 1.56. The molecule has 1 N–H and O–H groups in total. The summed E-state index contributed by atoms with van der Waals surface area (Å²) in [5.74, 6) is -1.46. The van der Waals surface area contributed by atoms with E-state index in [0.29, 0.717) is 5.69 Å². The lowest BCUT2D eigenvalue weighted by atomic mass is 10.2. The van der Waals surface area contributed by atoms with Gasteiger partial charge in [0, 0.05) is 5.69 Å². The maximum atomic E-state index is 11.9. The second kappa shape index (κ2) is 7.83. The van der Waals surface area contributed by atoms with Gasteiger partial charge in [0.25, 0.3) is 0 Å². The number of carbonyl (C=O) groups is 2. The summed E-state index contributed by atoms with van der Waals surface area (Å²) in [6.07, 6.45) is 0. The van der Waals surface area contributed by atoms with Crippen molar-refractivity contribution in [3.05, 3.63) is 66.2 Å². The van der Waals surface area contributed by atoms with Crippen LogP contribution < -0.4 is 4.90 Å². The third kappa shape index (κ3) is 4.94. The van der Waals surface area contributed by atoms with Crippen LogP contribution in [0.2, 0.25) is 0 Å². The Kier molecular flexibility index (Phi) is 5.54. The summed E-state index contributed by atoms with van der Waals surface area (Å²) in [4.78, 5) is 24.3. The summed E-state index contributed by atoms with van der Waals surface area (Å²) in [5, 5.41) is 8.97. The molecule has 114 valence electrons. The molecular formula is C17H17NO4. The number of carboxylic acid groups (broad SMARTS) is 1. The molecule has 0 aliphatic rings. The molecule has 0 radical (unpaired) electrons. The number of esters is 1. The average molecular weight is 299 g/mol. The number of nitrogens with zero attached hydrogens (tertiary/aromatic N) is 1. The van der Waals surface area contributed by atoms with Crippen LogP contribution in [0.4, 0.5) is 5.69 Å². The number of hydrogen-bond donors (Lipinski definition) is 1. The average Bonchev–Trinajstić information content (AvgIpc) is 2.54. The van der Waals surface area contributed by atoms with Gasteiger partial charge in [0.2, 0.25) is 0 Å². The van der Waals surface area contributed by atoms with E-state index >= 15 is 0 Å². The van der Waals surface area contributed by atoms with Gasteiger partial charge in [-0.1, -0.05) is 48.5 Å². The number of ether oxygens (including phenoxy) is 1. The number of rotatable bonds is 7. The molecule has 0 spiro atoms. The Labute approximate surface area is 128 Å². The van der Waals surface area contributed by atoms with E-state index in [4.69, 9.17) is 9.84 Å². The maximum Gasteiger partial charge on any atom is 0.325 e. The van der Waals surface area contributed by atoms with Crippen LogP contribution in [-0.2, 0) is 20.9 Å². The van der Waals surface area contributed by atoms with Crippen LogP contribution in [0.5, 0.6) is 0 Å². The van der Waals surface area contributed by atoms with Gasteiger partial charge in [0.1, 0.15) is 19.7 Å². The number of carbonyl (C=O) groups excluding carboxylic acids is 1. The Balaban J connectivity index is 1.95. The molecule has 0 bridgehead atoms. The van der Waals surface area contributed by atoms with Crippen molar-refractivity contribution in [1.29, 1.82) is 0 Å². The Morgan fingerprint density at radius 1 is 0.909 bits per heavy atom. The number of benzene rings is 2. The van der Waals surface area contributed by atoms with Gasteiger partial charge in [-0.15, -0.1) is 0 Å². The first-order valence-electron chi connectivity index (χ1n) is 6.86. The molecule has 0 aromatic heterocycles. The molecule has 2 rings (SSSR count). The van der Waals surface area contributed by atoms with Crippen LogP contribution in [-0.4, -0.2) is 30.1 Å². The molecule has 0 amide bonds. The van der Waals surface area contributed by atoms with E-state index in [1.165, 1.54) is 4.90 Å². The van der Waals surface area contributed by atoms with Crippen molar-refractivity contribution >= 4 is 17.6 Å². The van der Waals surface area contributed by atoms with Crippen molar-refractivity contribution in [3.8, 4) is 0 Å². The number of para-hydroxylation sites is 1. The van der Waals surface area contributed by atoms with Crippen LogP contribution in [0.25, 0.3) is 0 Å². The van der Waals surface area contributed by atoms with Crippen LogP contribution >= 0.6 is 0 Å². The van der Waals surface area contributed by atoms with Gasteiger partial charge in [-0.2, -0.15) is 0 Å². The van der Waals surface area contributed by atoms with Crippen molar-refractivity contribution in [2.24, 2.45) is 0 Å². The highest BCUT2D eigenvalue weighted by Gasteiger charge is 2.15. The van der Waals surface area contributed by atoms with Gasteiger partial charge >= 0.3 is 11.9 Å². The minimum absolute atomic E-state index is 0.108. The Bertz CT molecular complexity index is 613. The standard InChI is InChI=1S/C17H17NO4/c19-16(20)11-18(15-9-5-2-6-10-15)12-17(21)22-13-14-7-3-1-4-8-14/h1-10H,11-13H2,(H,19,20). The van der Waals surface area contributed by atoms with Crippen molar-refractivity contribution in [2.75, 3.05) is 18.0 Å². The van der Waals surface area contributed by atoms with E-state index in [0.717, 1.165) is 5.56 Å². The van der Waals surface area contributed by atoms with Crippen molar-refractivity contribution in [3.63, 3.8) is 0 Å². The first kappa shape index (κ1) is 15.6. The van der Waals surface area contributed by atoms with Gasteiger partial charge in [0.15, 0.2) is 0 Å². The van der Waals surface area contributed by atoms with E-state index in [1.807, 2.05) is 36.4 Å². The van der Waals surface area contributed by atoms with Crippen molar-refractivity contribution < 1.29 is 19.4 Å². The summed E-state index contributed by atoms with van der Waals surface area (Å²) in [6.45, 7) is -0.191. The molecule has 0 saturated heterocycles. The predicted octanol–water partition coefficient (Wildman–Crippen LogP) is 2.32. The SMILES string of the molecule is O=C(O)CN(CC(=O)OCc1ccccc1)c1ccccc1. The topological polar surface area (TPSA) is 66.8 Å². The number of anilines is 1. The Morgan fingerprint density at radius 2 is 1.50 bits per heavy atom. The molecule has 0 atom stereocenters. The highest BCUT2D eigenvalue weighted by molar-refractivity contribution is 5.80. The molecule has 0 fully saturated rings. The second-order valence-electron chi connectivity index (χ2n) is 4.73. The Morgan fingerprint density at radius 3 is 2.09 bits per heavy atom. The van der Waals surface area contributed by atoms with Gasteiger partial charge < -0.3 is 14.7 Å². The minimum Gasteiger partial charge on any atom is -0.480 e. The van der Waals surface area contributed by atoms with E-state index in [-0.39, 0.29) is 19.7 Å². The van der Waals surface area contributed by atoms with Crippen LogP contribution in [0.3, 0.4) is 0 Å². The monoisotopic (exact) mass is 299 g/mol. The molecular weight excluding hydrogens is 282 g/mol.